The van der Waals surface area contributed by atoms with E-state index in [0.29, 0.717) is 32.4 Å². The van der Waals surface area contributed by atoms with Crippen molar-refractivity contribution < 1.29 is 18.0 Å². The Hall–Kier alpha value is -1.19. The predicted octanol–water partition coefficient (Wildman–Crippen LogP) is 2.34. The molecule has 2 amide bonds. The number of hydrogen-bond donors (Lipinski definition) is 1. The number of piperidine rings is 1. The predicted molar refractivity (Wildman–Crippen MR) is 104 cm³/mol. The molecule has 2 aliphatic heterocycles. The van der Waals surface area contributed by atoms with Crippen LogP contribution >= 0.6 is 23.2 Å². The third-order valence-electron chi connectivity index (χ3n) is 4.76. The number of sulfonamides is 1. The average molecular weight is 434 g/mol. The molecule has 0 atom stereocenters. The van der Waals surface area contributed by atoms with Crippen LogP contribution in [0.1, 0.15) is 46.9 Å². The Morgan fingerprint density at radius 2 is 1.59 bits per heavy atom. The zero-order chi connectivity index (χ0) is 19.8. The van der Waals surface area contributed by atoms with Crippen molar-refractivity contribution in [2.75, 3.05) is 25.5 Å². The second-order valence-corrected chi connectivity index (χ2v) is 9.51. The number of imide groups is 1. The SMILES string of the molecule is CCCS(=O)(=O)NC1CCN(CN2C(=O)c3cc(Cl)c(Cl)cc3C2=O)CC1. The van der Waals surface area contributed by atoms with Gasteiger partial charge in [-0.25, -0.2) is 13.1 Å². The zero-order valence-electron chi connectivity index (χ0n) is 14.9. The molecule has 1 N–H and O–H groups in total. The monoisotopic (exact) mass is 433 g/mol. The van der Waals surface area contributed by atoms with Crippen LogP contribution in [-0.2, 0) is 10.0 Å². The number of carbonyl (C=O) groups is 2. The van der Waals surface area contributed by atoms with E-state index < -0.39 is 10.0 Å². The van der Waals surface area contributed by atoms with Crippen molar-refractivity contribution in [1.82, 2.24) is 14.5 Å². The van der Waals surface area contributed by atoms with Crippen molar-refractivity contribution in [3.63, 3.8) is 0 Å². The van der Waals surface area contributed by atoms with Crippen LogP contribution < -0.4 is 4.72 Å². The van der Waals surface area contributed by atoms with Crippen LogP contribution in [-0.4, -0.2) is 61.6 Å². The van der Waals surface area contributed by atoms with Crippen LogP contribution in [0.4, 0.5) is 0 Å². The number of benzene rings is 1. The maximum Gasteiger partial charge on any atom is 0.262 e. The van der Waals surface area contributed by atoms with Crippen molar-refractivity contribution in [1.29, 1.82) is 0 Å². The molecule has 0 saturated carbocycles. The largest absolute Gasteiger partial charge is 0.285 e. The summed E-state index contributed by atoms with van der Waals surface area (Å²) in [5.41, 5.74) is 0.522. The Morgan fingerprint density at radius 3 is 2.07 bits per heavy atom. The molecule has 2 heterocycles. The molecule has 1 aromatic rings. The van der Waals surface area contributed by atoms with Gasteiger partial charge < -0.3 is 0 Å². The molecule has 0 aromatic heterocycles. The van der Waals surface area contributed by atoms with E-state index in [2.05, 4.69) is 4.72 Å². The molecule has 0 spiro atoms. The molecule has 0 bridgehead atoms. The standard InChI is InChI=1S/C17H21Cl2N3O4S/c1-2-7-27(25,26)20-11-3-5-21(6-4-11)10-22-16(23)12-8-14(18)15(19)9-13(12)17(22)24/h8-9,11,20H,2-7,10H2,1H3. The van der Waals surface area contributed by atoms with Gasteiger partial charge in [-0.15, -0.1) is 0 Å². The summed E-state index contributed by atoms with van der Waals surface area (Å²) in [6.07, 6.45) is 1.83. The van der Waals surface area contributed by atoms with E-state index >= 15 is 0 Å². The van der Waals surface area contributed by atoms with Crippen molar-refractivity contribution in [3.8, 4) is 0 Å². The van der Waals surface area contributed by atoms with Gasteiger partial charge in [-0.3, -0.25) is 19.4 Å². The minimum Gasteiger partial charge on any atom is -0.285 e. The molecule has 27 heavy (non-hydrogen) atoms. The molecule has 10 heteroatoms. The molecule has 148 valence electrons. The molecule has 1 saturated heterocycles. The normalized spacial score (nSPS) is 19.0. The third kappa shape index (κ3) is 4.46. The van der Waals surface area contributed by atoms with Gasteiger partial charge in [0.15, 0.2) is 0 Å². The second-order valence-electron chi connectivity index (χ2n) is 6.82. The highest BCUT2D eigenvalue weighted by Gasteiger charge is 2.37. The number of nitrogens with zero attached hydrogens (tertiary/aromatic N) is 2. The maximum absolute atomic E-state index is 12.6. The van der Waals surface area contributed by atoms with Gasteiger partial charge in [-0.2, -0.15) is 0 Å². The number of hydrogen-bond acceptors (Lipinski definition) is 5. The molecule has 3 rings (SSSR count). The maximum atomic E-state index is 12.6. The first-order valence-corrected chi connectivity index (χ1v) is 11.2. The molecule has 0 radical (unpaired) electrons. The molecule has 2 aliphatic rings. The van der Waals surface area contributed by atoms with Crippen molar-refractivity contribution in [2.45, 2.75) is 32.2 Å². The molecule has 1 fully saturated rings. The van der Waals surface area contributed by atoms with Crippen LogP contribution in [0.25, 0.3) is 0 Å². The van der Waals surface area contributed by atoms with Gasteiger partial charge in [-0.1, -0.05) is 30.1 Å². The minimum absolute atomic E-state index is 0.113. The zero-order valence-corrected chi connectivity index (χ0v) is 17.2. The van der Waals surface area contributed by atoms with E-state index in [9.17, 15) is 18.0 Å². The van der Waals surface area contributed by atoms with Crippen molar-refractivity contribution in [3.05, 3.63) is 33.3 Å². The third-order valence-corrected chi connectivity index (χ3v) is 7.12. The van der Waals surface area contributed by atoms with Crippen LogP contribution in [0.15, 0.2) is 12.1 Å². The number of rotatable bonds is 6. The fourth-order valence-corrected chi connectivity index (χ4v) is 5.11. The highest BCUT2D eigenvalue weighted by molar-refractivity contribution is 7.89. The lowest BCUT2D eigenvalue weighted by Gasteiger charge is -2.34. The summed E-state index contributed by atoms with van der Waals surface area (Å²) < 4.78 is 26.5. The molecule has 1 aromatic carbocycles. The van der Waals surface area contributed by atoms with Gasteiger partial charge in [-0.05, 0) is 31.4 Å². The summed E-state index contributed by atoms with van der Waals surface area (Å²) in [5, 5.41) is 0.470. The van der Waals surface area contributed by atoms with E-state index in [1.165, 1.54) is 17.0 Å². The van der Waals surface area contributed by atoms with E-state index in [-0.39, 0.29) is 51.4 Å². The lowest BCUT2D eigenvalue weighted by Crippen LogP contribution is -2.49. The number of amides is 2. The summed E-state index contributed by atoms with van der Waals surface area (Å²) in [5.74, 6) is -0.661. The lowest BCUT2D eigenvalue weighted by molar-refractivity contribution is 0.0510. The van der Waals surface area contributed by atoms with Crippen LogP contribution in [0, 0.1) is 0 Å². The Morgan fingerprint density at radius 1 is 1.07 bits per heavy atom. The van der Waals surface area contributed by atoms with Gasteiger partial charge in [0.25, 0.3) is 11.8 Å². The topological polar surface area (TPSA) is 86.8 Å². The first-order valence-electron chi connectivity index (χ1n) is 8.79. The van der Waals surface area contributed by atoms with Crippen LogP contribution in [0.2, 0.25) is 10.0 Å². The first-order chi connectivity index (χ1) is 12.7. The molecule has 0 unspecified atom stereocenters. The van der Waals surface area contributed by atoms with Crippen molar-refractivity contribution >= 4 is 45.0 Å². The summed E-state index contributed by atoms with van der Waals surface area (Å²) in [7, 11) is -3.25. The minimum atomic E-state index is -3.25. The van der Waals surface area contributed by atoms with Gasteiger partial charge in [0.05, 0.1) is 33.6 Å². The average Bonchev–Trinajstić information content (AvgIpc) is 2.81. The number of nitrogens with one attached hydrogen (secondary N) is 1. The highest BCUT2D eigenvalue weighted by atomic mass is 35.5. The molecular weight excluding hydrogens is 413 g/mol. The van der Waals surface area contributed by atoms with E-state index in [4.69, 9.17) is 23.2 Å². The Kier molecular flexibility index (Phi) is 6.12. The number of halogens is 2. The van der Waals surface area contributed by atoms with Crippen molar-refractivity contribution in [2.24, 2.45) is 0 Å². The summed E-state index contributed by atoms with van der Waals surface area (Å²) in [6, 6.07) is 2.74. The quantitative estimate of drug-likeness (QED) is 0.695. The Labute approximate surface area is 168 Å². The Bertz CT molecular complexity index is 826. The number of fused-ring (bicyclic) bond motifs is 1. The summed E-state index contributed by atoms with van der Waals surface area (Å²) >= 11 is 11.9. The van der Waals surface area contributed by atoms with E-state index in [1.54, 1.807) is 0 Å². The first kappa shape index (κ1) is 20.5. The van der Waals surface area contributed by atoms with Crippen LogP contribution in [0.3, 0.4) is 0 Å². The number of likely N-dealkylation sites (tertiary alicyclic amines) is 1. The fraction of sp³-hybridized carbons (Fsp3) is 0.529. The Balaban J connectivity index is 1.60. The second kappa shape index (κ2) is 8.05. The van der Waals surface area contributed by atoms with E-state index in [0.717, 1.165) is 0 Å². The smallest absolute Gasteiger partial charge is 0.262 e. The molecular formula is C17H21Cl2N3O4S. The molecule has 0 aliphatic carbocycles. The number of carbonyl (C=O) groups excluding carboxylic acids is 2. The van der Waals surface area contributed by atoms with Gasteiger partial charge in [0, 0.05) is 19.1 Å². The van der Waals surface area contributed by atoms with Gasteiger partial charge in [0.1, 0.15) is 0 Å². The van der Waals surface area contributed by atoms with Gasteiger partial charge >= 0.3 is 0 Å². The molecule has 7 nitrogen and oxygen atoms in total. The van der Waals surface area contributed by atoms with Gasteiger partial charge in [0.2, 0.25) is 10.0 Å². The lowest BCUT2D eigenvalue weighted by atomic mass is 10.1. The summed E-state index contributed by atoms with van der Waals surface area (Å²) in [6.45, 7) is 3.17. The fourth-order valence-electron chi connectivity index (χ4n) is 3.39. The van der Waals surface area contributed by atoms with Crippen LogP contribution in [0.5, 0.6) is 0 Å². The summed E-state index contributed by atoms with van der Waals surface area (Å²) in [4.78, 5) is 28.3. The highest BCUT2D eigenvalue weighted by Crippen LogP contribution is 2.31. The van der Waals surface area contributed by atoms with E-state index in [1.807, 2.05) is 11.8 Å².